The summed E-state index contributed by atoms with van der Waals surface area (Å²) in [6.07, 6.45) is 5.03. The van der Waals surface area contributed by atoms with Crippen molar-refractivity contribution in [2.45, 2.75) is 19.3 Å². The molecule has 1 aliphatic carbocycles. The van der Waals surface area contributed by atoms with Crippen LogP contribution in [0.3, 0.4) is 0 Å². The lowest BCUT2D eigenvalue weighted by Crippen LogP contribution is -2.10. The highest BCUT2D eigenvalue weighted by atomic mass is 16.3. The van der Waals surface area contributed by atoms with E-state index in [0.29, 0.717) is 5.56 Å². The summed E-state index contributed by atoms with van der Waals surface area (Å²) in [5, 5.41) is 0. The molecule has 1 amide bonds. The van der Waals surface area contributed by atoms with Gasteiger partial charge in [0, 0.05) is 11.1 Å². The molecule has 0 atom stereocenters. The summed E-state index contributed by atoms with van der Waals surface area (Å²) in [5.74, 6) is 1.15. The number of oxazole rings is 1. The fourth-order valence-electron chi connectivity index (χ4n) is 2.03. The second-order valence-electron chi connectivity index (χ2n) is 4.72. The summed E-state index contributed by atoms with van der Waals surface area (Å²) >= 11 is 0. The van der Waals surface area contributed by atoms with Crippen molar-refractivity contribution < 1.29 is 9.21 Å². The molecule has 1 saturated carbocycles. The van der Waals surface area contributed by atoms with E-state index in [-0.39, 0.29) is 0 Å². The van der Waals surface area contributed by atoms with Crippen molar-refractivity contribution in [1.82, 2.24) is 4.98 Å². The van der Waals surface area contributed by atoms with Gasteiger partial charge in [-0.05, 0) is 37.3 Å². The Morgan fingerprint density at radius 2 is 2.06 bits per heavy atom. The van der Waals surface area contributed by atoms with Crippen LogP contribution >= 0.6 is 0 Å². The molecule has 3 rings (SSSR count). The van der Waals surface area contributed by atoms with Crippen LogP contribution in [0, 0.1) is 5.92 Å². The topological polar surface area (TPSA) is 69.1 Å². The number of amides is 1. The summed E-state index contributed by atoms with van der Waals surface area (Å²) in [5.41, 5.74) is 7.66. The maximum Gasteiger partial charge on any atom is 0.248 e. The van der Waals surface area contributed by atoms with Crippen molar-refractivity contribution in [1.29, 1.82) is 0 Å². The highest BCUT2D eigenvalue weighted by Gasteiger charge is 2.24. The smallest absolute Gasteiger partial charge is 0.248 e. The van der Waals surface area contributed by atoms with E-state index in [0.717, 1.165) is 29.4 Å². The molecular formula is C14H14N2O2. The molecule has 1 heterocycles. The van der Waals surface area contributed by atoms with Crippen LogP contribution in [0.15, 0.2) is 35.1 Å². The first-order valence-electron chi connectivity index (χ1n) is 6.06. The van der Waals surface area contributed by atoms with E-state index in [1.165, 1.54) is 19.2 Å². The first-order chi connectivity index (χ1) is 8.74. The van der Waals surface area contributed by atoms with Gasteiger partial charge >= 0.3 is 0 Å². The summed E-state index contributed by atoms with van der Waals surface area (Å²) in [7, 11) is 0. The maximum absolute atomic E-state index is 11.0. The van der Waals surface area contributed by atoms with Gasteiger partial charge in [-0.3, -0.25) is 4.79 Å². The molecule has 4 nitrogen and oxygen atoms in total. The third-order valence-corrected chi connectivity index (χ3v) is 3.25. The van der Waals surface area contributed by atoms with E-state index in [4.69, 9.17) is 10.2 Å². The van der Waals surface area contributed by atoms with Crippen molar-refractivity contribution in [2.75, 3.05) is 0 Å². The summed E-state index contributed by atoms with van der Waals surface area (Å²) < 4.78 is 5.45. The van der Waals surface area contributed by atoms with Crippen LogP contribution in [0.4, 0.5) is 0 Å². The minimum Gasteiger partial charge on any atom is -0.443 e. The lowest BCUT2D eigenvalue weighted by atomic mass is 10.1. The molecule has 0 saturated heterocycles. The minimum absolute atomic E-state index is 0.419. The SMILES string of the molecule is NC(=O)c1ccc(-c2ocnc2CC2CC2)cc1. The van der Waals surface area contributed by atoms with Gasteiger partial charge in [0.15, 0.2) is 12.2 Å². The molecule has 0 aliphatic heterocycles. The number of aromatic nitrogens is 1. The second-order valence-corrected chi connectivity index (χ2v) is 4.72. The van der Waals surface area contributed by atoms with Gasteiger partial charge in [-0.1, -0.05) is 12.1 Å². The Morgan fingerprint density at radius 3 is 2.67 bits per heavy atom. The Bertz CT molecular complexity index is 568. The molecule has 0 bridgehead atoms. The number of hydrogen-bond acceptors (Lipinski definition) is 3. The third-order valence-electron chi connectivity index (χ3n) is 3.25. The van der Waals surface area contributed by atoms with Gasteiger partial charge in [0.25, 0.3) is 0 Å². The van der Waals surface area contributed by atoms with Crippen LogP contribution in [-0.2, 0) is 6.42 Å². The quantitative estimate of drug-likeness (QED) is 0.894. The molecule has 2 aromatic rings. The van der Waals surface area contributed by atoms with Gasteiger partial charge in [-0.2, -0.15) is 0 Å². The van der Waals surface area contributed by atoms with Crippen LogP contribution in [0.1, 0.15) is 28.9 Å². The number of benzene rings is 1. The first-order valence-corrected chi connectivity index (χ1v) is 6.06. The molecule has 0 radical (unpaired) electrons. The molecular weight excluding hydrogens is 228 g/mol. The van der Waals surface area contributed by atoms with Crippen LogP contribution in [0.5, 0.6) is 0 Å². The van der Waals surface area contributed by atoms with Gasteiger partial charge in [-0.15, -0.1) is 0 Å². The van der Waals surface area contributed by atoms with Crippen LogP contribution in [0.25, 0.3) is 11.3 Å². The van der Waals surface area contributed by atoms with Gasteiger partial charge in [-0.25, -0.2) is 4.98 Å². The fourth-order valence-corrected chi connectivity index (χ4v) is 2.03. The van der Waals surface area contributed by atoms with Crippen molar-refractivity contribution in [3.8, 4) is 11.3 Å². The Hall–Kier alpha value is -2.10. The number of nitrogens with zero attached hydrogens (tertiary/aromatic N) is 1. The van der Waals surface area contributed by atoms with E-state index >= 15 is 0 Å². The zero-order valence-corrected chi connectivity index (χ0v) is 9.93. The highest BCUT2D eigenvalue weighted by molar-refractivity contribution is 5.93. The fraction of sp³-hybridized carbons (Fsp3) is 0.286. The Kier molecular flexibility index (Phi) is 2.63. The number of rotatable bonds is 4. The summed E-state index contributed by atoms with van der Waals surface area (Å²) in [6, 6.07) is 7.11. The third kappa shape index (κ3) is 2.14. The van der Waals surface area contributed by atoms with Crippen molar-refractivity contribution >= 4 is 5.91 Å². The van der Waals surface area contributed by atoms with Crippen LogP contribution < -0.4 is 5.73 Å². The Morgan fingerprint density at radius 1 is 1.33 bits per heavy atom. The van der Waals surface area contributed by atoms with E-state index in [9.17, 15) is 4.79 Å². The molecule has 2 N–H and O–H groups in total. The lowest BCUT2D eigenvalue weighted by molar-refractivity contribution is 0.100. The van der Waals surface area contributed by atoms with E-state index < -0.39 is 5.91 Å². The molecule has 92 valence electrons. The van der Waals surface area contributed by atoms with Gasteiger partial charge < -0.3 is 10.2 Å². The molecule has 0 unspecified atom stereocenters. The molecule has 1 aromatic heterocycles. The van der Waals surface area contributed by atoms with Gasteiger partial charge in [0.2, 0.25) is 5.91 Å². The average Bonchev–Trinajstić information content (AvgIpc) is 3.06. The zero-order valence-electron chi connectivity index (χ0n) is 9.93. The van der Waals surface area contributed by atoms with Crippen LogP contribution in [-0.4, -0.2) is 10.9 Å². The standard InChI is InChI=1S/C14H14N2O2/c15-14(17)11-5-3-10(4-6-11)13-12(16-8-18-13)7-9-1-2-9/h3-6,8-9H,1-2,7H2,(H2,15,17). The zero-order chi connectivity index (χ0) is 12.5. The number of carbonyl (C=O) groups is 1. The Balaban J connectivity index is 1.89. The molecule has 18 heavy (non-hydrogen) atoms. The molecule has 0 spiro atoms. The Labute approximate surface area is 105 Å². The van der Waals surface area contributed by atoms with Crippen molar-refractivity contribution in [3.05, 3.63) is 41.9 Å². The highest BCUT2D eigenvalue weighted by Crippen LogP contribution is 2.35. The predicted molar refractivity (Wildman–Crippen MR) is 66.9 cm³/mol. The van der Waals surface area contributed by atoms with E-state index in [1.54, 1.807) is 12.1 Å². The summed E-state index contributed by atoms with van der Waals surface area (Å²) in [6.45, 7) is 0. The number of nitrogens with two attached hydrogens (primary N) is 1. The number of primary amides is 1. The molecule has 1 aliphatic rings. The summed E-state index contributed by atoms with van der Waals surface area (Å²) in [4.78, 5) is 15.3. The maximum atomic E-state index is 11.0. The second kappa shape index (κ2) is 4.29. The molecule has 1 aromatic carbocycles. The molecule has 1 fully saturated rings. The number of hydrogen-bond donors (Lipinski definition) is 1. The average molecular weight is 242 g/mol. The monoisotopic (exact) mass is 242 g/mol. The van der Waals surface area contributed by atoms with Gasteiger partial charge in [0.05, 0.1) is 5.69 Å². The van der Waals surface area contributed by atoms with E-state index in [2.05, 4.69) is 4.98 Å². The normalized spacial score (nSPS) is 14.7. The van der Waals surface area contributed by atoms with Gasteiger partial charge in [0.1, 0.15) is 0 Å². The molecule has 4 heteroatoms. The largest absolute Gasteiger partial charge is 0.443 e. The van der Waals surface area contributed by atoms with Crippen molar-refractivity contribution in [3.63, 3.8) is 0 Å². The predicted octanol–water partition coefficient (Wildman–Crippen LogP) is 2.39. The van der Waals surface area contributed by atoms with Crippen LogP contribution in [0.2, 0.25) is 0 Å². The van der Waals surface area contributed by atoms with Crippen molar-refractivity contribution in [2.24, 2.45) is 11.7 Å². The van der Waals surface area contributed by atoms with E-state index in [1.807, 2.05) is 12.1 Å². The number of carbonyl (C=O) groups excluding carboxylic acids is 1. The minimum atomic E-state index is -0.419. The first kappa shape index (κ1) is 11.0. The lowest BCUT2D eigenvalue weighted by Gasteiger charge is -2.01.